The number of rotatable bonds is 8. The van der Waals surface area contributed by atoms with Crippen LogP contribution in [0.4, 0.5) is 0 Å². The third kappa shape index (κ3) is 5.65. The number of hydrogen-bond acceptors (Lipinski definition) is 2. The maximum absolute atomic E-state index is 5.02. The minimum atomic E-state index is 0.710. The molecule has 102 valence electrons. The Morgan fingerprint density at radius 2 is 2.06 bits per heavy atom. The van der Waals surface area contributed by atoms with Gasteiger partial charge in [-0.25, -0.2) is 0 Å². The van der Waals surface area contributed by atoms with Crippen LogP contribution in [0.5, 0.6) is 0 Å². The molecule has 0 saturated heterocycles. The van der Waals surface area contributed by atoms with Gasteiger partial charge in [0.1, 0.15) is 0 Å². The van der Waals surface area contributed by atoms with Gasteiger partial charge in [0.05, 0.1) is 6.61 Å². The highest BCUT2D eigenvalue weighted by Gasteiger charge is 2.04. The maximum Gasteiger partial charge on any atom is 0.0587 e. The molecule has 0 aliphatic carbocycles. The second-order valence-electron chi connectivity index (χ2n) is 5.27. The fourth-order valence-corrected chi connectivity index (χ4v) is 2.10. The summed E-state index contributed by atoms with van der Waals surface area (Å²) >= 11 is 0. The summed E-state index contributed by atoms with van der Waals surface area (Å²) in [6, 6.07) is 6.74. The normalized spacial score (nSPS) is 12.7. The first-order valence-electron chi connectivity index (χ1n) is 6.89. The lowest BCUT2D eigenvalue weighted by molar-refractivity contribution is 0.198. The Balaban J connectivity index is 2.29. The smallest absolute Gasteiger partial charge is 0.0587 e. The van der Waals surface area contributed by atoms with Crippen LogP contribution in [0.3, 0.4) is 0 Å². The first kappa shape index (κ1) is 15.2. The second kappa shape index (κ2) is 8.28. The van der Waals surface area contributed by atoms with Crippen LogP contribution in [0.15, 0.2) is 18.2 Å². The Labute approximate surface area is 112 Å². The molecule has 18 heavy (non-hydrogen) atoms. The Morgan fingerprint density at radius 3 is 2.78 bits per heavy atom. The zero-order chi connectivity index (χ0) is 13.4. The van der Waals surface area contributed by atoms with E-state index >= 15 is 0 Å². The van der Waals surface area contributed by atoms with Crippen LogP contribution in [0.2, 0.25) is 0 Å². The lowest BCUT2D eigenvalue weighted by Gasteiger charge is -2.14. The van der Waals surface area contributed by atoms with Crippen molar-refractivity contribution in [2.45, 2.75) is 33.6 Å². The Bertz CT molecular complexity index is 349. The monoisotopic (exact) mass is 249 g/mol. The predicted octanol–water partition coefficient (Wildman–Crippen LogP) is 3.11. The van der Waals surface area contributed by atoms with Crippen molar-refractivity contribution in [3.8, 4) is 0 Å². The fraction of sp³-hybridized carbons (Fsp3) is 0.625. The van der Waals surface area contributed by atoms with E-state index in [4.69, 9.17) is 4.74 Å². The van der Waals surface area contributed by atoms with Gasteiger partial charge in [0.25, 0.3) is 0 Å². The predicted molar refractivity (Wildman–Crippen MR) is 78.1 cm³/mol. The lowest BCUT2D eigenvalue weighted by atomic mass is 9.96. The van der Waals surface area contributed by atoms with E-state index in [1.54, 1.807) is 7.11 Å². The van der Waals surface area contributed by atoms with Gasteiger partial charge in [-0.05, 0) is 50.3 Å². The summed E-state index contributed by atoms with van der Waals surface area (Å²) in [7, 11) is 1.74. The summed E-state index contributed by atoms with van der Waals surface area (Å²) in [6.07, 6.45) is 2.42. The zero-order valence-corrected chi connectivity index (χ0v) is 12.3. The van der Waals surface area contributed by atoms with E-state index in [1.807, 2.05) is 0 Å². The van der Waals surface area contributed by atoms with Crippen molar-refractivity contribution in [1.82, 2.24) is 5.32 Å². The molecule has 0 aliphatic rings. The molecule has 0 saturated carbocycles. The number of ether oxygens (including phenoxy) is 1. The van der Waals surface area contributed by atoms with Crippen molar-refractivity contribution in [3.63, 3.8) is 0 Å². The Hall–Kier alpha value is -0.860. The average Bonchev–Trinajstić information content (AvgIpc) is 2.36. The van der Waals surface area contributed by atoms with Crippen LogP contribution in [0.1, 0.15) is 30.0 Å². The molecular formula is C16H27NO. The van der Waals surface area contributed by atoms with Crippen molar-refractivity contribution >= 4 is 0 Å². The van der Waals surface area contributed by atoms with Crippen LogP contribution in [0, 0.1) is 19.8 Å². The molecule has 0 bridgehead atoms. The van der Waals surface area contributed by atoms with Crippen molar-refractivity contribution < 1.29 is 4.74 Å². The molecule has 0 aromatic heterocycles. The minimum Gasteiger partial charge on any atom is -0.383 e. The standard InChI is InChI=1S/C16H27NO/c1-13-5-7-15(3)16(11-13)8-6-14(2)12-17-9-10-18-4/h5,7,11,14,17H,6,8-10,12H2,1-4H3. The van der Waals surface area contributed by atoms with Crippen molar-refractivity contribution in [1.29, 1.82) is 0 Å². The van der Waals surface area contributed by atoms with E-state index in [-0.39, 0.29) is 0 Å². The summed E-state index contributed by atoms with van der Waals surface area (Å²) in [5.41, 5.74) is 4.28. The van der Waals surface area contributed by atoms with Crippen molar-refractivity contribution in [2.75, 3.05) is 26.8 Å². The average molecular weight is 249 g/mol. The maximum atomic E-state index is 5.02. The van der Waals surface area contributed by atoms with E-state index in [1.165, 1.54) is 29.5 Å². The third-order valence-electron chi connectivity index (χ3n) is 3.39. The van der Waals surface area contributed by atoms with Crippen LogP contribution < -0.4 is 5.32 Å². The molecule has 0 amide bonds. The first-order valence-corrected chi connectivity index (χ1v) is 6.89. The molecule has 0 fully saturated rings. The molecule has 1 atom stereocenters. The largest absolute Gasteiger partial charge is 0.383 e. The minimum absolute atomic E-state index is 0.710. The highest BCUT2D eigenvalue weighted by molar-refractivity contribution is 5.30. The van der Waals surface area contributed by atoms with E-state index < -0.39 is 0 Å². The van der Waals surface area contributed by atoms with Gasteiger partial charge in [-0.2, -0.15) is 0 Å². The highest BCUT2D eigenvalue weighted by atomic mass is 16.5. The van der Waals surface area contributed by atoms with Gasteiger partial charge in [0.15, 0.2) is 0 Å². The molecule has 2 nitrogen and oxygen atoms in total. The van der Waals surface area contributed by atoms with Crippen LogP contribution in [-0.4, -0.2) is 26.8 Å². The van der Waals surface area contributed by atoms with Gasteiger partial charge in [0, 0.05) is 13.7 Å². The van der Waals surface area contributed by atoms with Gasteiger partial charge >= 0.3 is 0 Å². The topological polar surface area (TPSA) is 21.3 Å². The first-order chi connectivity index (χ1) is 8.63. The van der Waals surface area contributed by atoms with Crippen LogP contribution in [-0.2, 0) is 11.2 Å². The van der Waals surface area contributed by atoms with Crippen LogP contribution in [0.25, 0.3) is 0 Å². The molecule has 1 unspecified atom stereocenters. The number of benzene rings is 1. The van der Waals surface area contributed by atoms with Crippen LogP contribution >= 0.6 is 0 Å². The molecule has 2 heteroatoms. The fourth-order valence-electron chi connectivity index (χ4n) is 2.10. The summed E-state index contributed by atoms with van der Waals surface area (Å²) in [5, 5.41) is 3.42. The Morgan fingerprint density at radius 1 is 1.28 bits per heavy atom. The molecule has 1 rings (SSSR count). The Kier molecular flexibility index (Phi) is 6.99. The summed E-state index contributed by atoms with van der Waals surface area (Å²) in [5.74, 6) is 0.710. The van der Waals surface area contributed by atoms with Gasteiger partial charge in [0.2, 0.25) is 0 Å². The van der Waals surface area contributed by atoms with E-state index in [9.17, 15) is 0 Å². The number of methoxy groups -OCH3 is 1. The molecule has 0 spiro atoms. The molecule has 0 heterocycles. The number of hydrogen-bond donors (Lipinski definition) is 1. The van der Waals surface area contributed by atoms with Crippen molar-refractivity contribution in [2.24, 2.45) is 5.92 Å². The number of aryl methyl sites for hydroxylation is 3. The molecule has 0 radical (unpaired) electrons. The molecule has 1 aromatic rings. The second-order valence-corrected chi connectivity index (χ2v) is 5.27. The summed E-state index contributed by atoms with van der Waals surface area (Å²) in [4.78, 5) is 0. The SMILES string of the molecule is COCCNCC(C)CCc1cc(C)ccc1C. The van der Waals surface area contributed by atoms with Crippen molar-refractivity contribution in [3.05, 3.63) is 34.9 Å². The van der Waals surface area contributed by atoms with Gasteiger partial charge in [-0.3, -0.25) is 0 Å². The highest BCUT2D eigenvalue weighted by Crippen LogP contribution is 2.15. The summed E-state index contributed by atoms with van der Waals surface area (Å²) in [6.45, 7) is 9.50. The quantitative estimate of drug-likeness (QED) is 0.715. The van der Waals surface area contributed by atoms with Gasteiger partial charge in [-0.15, -0.1) is 0 Å². The van der Waals surface area contributed by atoms with E-state index in [0.717, 1.165) is 19.7 Å². The molecular weight excluding hydrogens is 222 g/mol. The third-order valence-corrected chi connectivity index (χ3v) is 3.39. The van der Waals surface area contributed by atoms with Gasteiger partial charge < -0.3 is 10.1 Å². The summed E-state index contributed by atoms with van der Waals surface area (Å²) < 4.78 is 5.02. The number of nitrogens with one attached hydrogen (secondary N) is 1. The van der Waals surface area contributed by atoms with E-state index in [0.29, 0.717) is 5.92 Å². The van der Waals surface area contributed by atoms with E-state index in [2.05, 4.69) is 44.3 Å². The lowest BCUT2D eigenvalue weighted by Crippen LogP contribution is -2.25. The van der Waals surface area contributed by atoms with Gasteiger partial charge in [-0.1, -0.05) is 30.7 Å². The molecule has 1 aromatic carbocycles. The molecule has 0 aliphatic heterocycles. The zero-order valence-electron chi connectivity index (χ0n) is 12.3. The molecule has 1 N–H and O–H groups in total.